The Morgan fingerprint density at radius 1 is 1.13 bits per heavy atom. The molecule has 124 valence electrons. The molecule has 1 aromatic carbocycles. The highest BCUT2D eigenvalue weighted by atomic mass is 16.2. The number of piperidine rings is 1. The first-order valence-electron chi connectivity index (χ1n) is 8.62. The summed E-state index contributed by atoms with van der Waals surface area (Å²) >= 11 is 0. The number of carbonyl (C=O) groups is 2. The minimum atomic E-state index is -0.183. The zero-order chi connectivity index (χ0) is 16.6. The Labute approximate surface area is 138 Å². The highest BCUT2D eigenvalue weighted by Gasteiger charge is 2.37. The maximum Gasteiger partial charge on any atom is 0.228 e. The number of anilines is 1. The maximum absolute atomic E-state index is 12.7. The first-order chi connectivity index (χ1) is 11.0. The van der Waals surface area contributed by atoms with E-state index in [4.69, 9.17) is 0 Å². The Kier molecular flexibility index (Phi) is 4.42. The van der Waals surface area contributed by atoms with Crippen molar-refractivity contribution >= 4 is 17.5 Å². The molecule has 2 saturated heterocycles. The smallest absolute Gasteiger partial charge is 0.228 e. The van der Waals surface area contributed by atoms with Gasteiger partial charge in [0.15, 0.2) is 0 Å². The van der Waals surface area contributed by atoms with E-state index < -0.39 is 0 Å². The number of carbonyl (C=O) groups excluding carboxylic acids is 2. The molecule has 23 heavy (non-hydrogen) atoms. The molecule has 2 fully saturated rings. The Morgan fingerprint density at radius 3 is 2.48 bits per heavy atom. The number of aryl methyl sites for hydroxylation is 2. The average Bonchev–Trinajstić information content (AvgIpc) is 2.92. The number of likely N-dealkylation sites (tertiary alicyclic amines) is 1. The van der Waals surface area contributed by atoms with Gasteiger partial charge >= 0.3 is 0 Å². The van der Waals surface area contributed by atoms with Gasteiger partial charge in [0.2, 0.25) is 11.8 Å². The highest BCUT2D eigenvalue weighted by Crippen LogP contribution is 2.29. The third-order valence-electron chi connectivity index (χ3n) is 5.37. The van der Waals surface area contributed by atoms with Crippen molar-refractivity contribution in [3.8, 4) is 0 Å². The lowest BCUT2D eigenvalue weighted by Crippen LogP contribution is -2.42. The van der Waals surface area contributed by atoms with E-state index in [9.17, 15) is 9.59 Å². The Morgan fingerprint density at radius 2 is 1.83 bits per heavy atom. The number of amides is 2. The number of hydrogen-bond donors (Lipinski definition) is 0. The number of benzene rings is 1. The van der Waals surface area contributed by atoms with Crippen molar-refractivity contribution < 1.29 is 9.59 Å². The molecule has 3 rings (SSSR count). The van der Waals surface area contributed by atoms with E-state index in [2.05, 4.69) is 20.8 Å². The fourth-order valence-electron chi connectivity index (χ4n) is 3.50. The second-order valence-electron chi connectivity index (χ2n) is 7.18. The normalized spacial score (nSPS) is 22.7. The molecule has 2 amide bonds. The zero-order valence-electron chi connectivity index (χ0n) is 14.3. The topological polar surface area (TPSA) is 40.6 Å². The van der Waals surface area contributed by atoms with Crippen molar-refractivity contribution in [1.82, 2.24) is 4.90 Å². The molecule has 1 aromatic rings. The van der Waals surface area contributed by atoms with Gasteiger partial charge in [-0.1, -0.05) is 13.0 Å². The molecule has 0 N–H and O–H groups in total. The van der Waals surface area contributed by atoms with Crippen LogP contribution in [0.3, 0.4) is 0 Å². The molecule has 2 aliphatic rings. The molecule has 0 unspecified atom stereocenters. The molecule has 0 aliphatic carbocycles. The Hall–Kier alpha value is -1.84. The van der Waals surface area contributed by atoms with Crippen molar-refractivity contribution in [1.29, 1.82) is 0 Å². The summed E-state index contributed by atoms with van der Waals surface area (Å²) in [6.07, 6.45) is 2.50. The fourth-order valence-corrected chi connectivity index (χ4v) is 3.50. The number of rotatable bonds is 2. The van der Waals surface area contributed by atoms with E-state index >= 15 is 0 Å². The molecule has 4 nitrogen and oxygen atoms in total. The third kappa shape index (κ3) is 3.26. The van der Waals surface area contributed by atoms with Gasteiger partial charge in [0.1, 0.15) is 0 Å². The molecule has 0 bridgehead atoms. The van der Waals surface area contributed by atoms with Crippen LogP contribution >= 0.6 is 0 Å². The van der Waals surface area contributed by atoms with Crippen molar-refractivity contribution in [2.75, 3.05) is 24.5 Å². The summed E-state index contributed by atoms with van der Waals surface area (Å²) < 4.78 is 0. The quantitative estimate of drug-likeness (QED) is 0.842. The molecule has 0 saturated carbocycles. The number of hydrogen-bond acceptors (Lipinski definition) is 2. The second kappa shape index (κ2) is 6.34. The average molecular weight is 314 g/mol. The van der Waals surface area contributed by atoms with Gasteiger partial charge < -0.3 is 9.80 Å². The van der Waals surface area contributed by atoms with Crippen molar-refractivity contribution in [3.63, 3.8) is 0 Å². The van der Waals surface area contributed by atoms with Crippen LogP contribution in [0.25, 0.3) is 0 Å². The summed E-state index contributed by atoms with van der Waals surface area (Å²) in [5.41, 5.74) is 3.31. The van der Waals surface area contributed by atoms with Crippen LogP contribution in [0.5, 0.6) is 0 Å². The van der Waals surface area contributed by atoms with E-state index in [1.165, 1.54) is 11.1 Å². The summed E-state index contributed by atoms with van der Waals surface area (Å²) in [7, 11) is 0. The van der Waals surface area contributed by atoms with Crippen LogP contribution in [0.1, 0.15) is 37.3 Å². The van der Waals surface area contributed by atoms with Crippen LogP contribution in [0.4, 0.5) is 5.69 Å². The molecule has 0 spiro atoms. The van der Waals surface area contributed by atoms with E-state index in [-0.39, 0.29) is 17.7 Å². The van der Waals surface area contributed by atoms with E-state index in [1.807, 2.05) is 23.1 Å². The summed E-state index contributed by atoms with van der Waals surface area (Å²) in [5.74, 6) is 0.752. The largest absolute Gasteiger partial charge is 0.342 e. The van der Waals surface area contributed by atoms with E-state index in [0.29, 0.717) is 18.9 Å². The molecule has 2 heterocycles. The number of nitrogens with zero attached hydrogens (tertiary/aromatic N) is 2. The Balaban J connectivity index is 1.69. The highest BCUT2D eigenvalue weighted by molar-refractivity contribution is 6.00. The molecular formula is C19H26N2O2. The lowest BCUT2D eigenvalue weighted by molar-refractivity contribution is -0.137. The van der Waals surface area contributed by atoms with Gasteiger partial charge in [-0.25, -0.2) is 0 Å². The monoisotopic (exact) mass is 314 g/mol. The first-order valence-corrected chi connectivity index (χ1v) is 8.62. The van der Waals surface area contributed by atoms with Crippen LogP contribution in [-0.4, -0.2) is 36.3 Å². The summed E-state index contributed by atoms with van der Waals surface area (Å²) in [5, 5.41) is 0. The standard InChI is InChI=1S/C19H26N2O2/c1-13-6-8-20(9-7-13)19(23)16-11-18(22)21(12-16)17-5-4-14(2)15(3)10-17/h4-5,10,13,16H,6-9,11-12H2,1-3H3/t16-/m1/s1. The lowest BCUT2D eigenvalue weighted by Gasteiger charge is -2.32. The van der Waals surface area contributed by atoms with Crippen molar-refractivity contribution in [2.45, 2.75) is 40.0 Å². The molecular weight excluding hydrogens is 288 g/mol. The van der Waals surface area contributed by atoms with Gasteiger partial charge in [0.05, 0.1) is 5.92 Å². The SMILES string of the molecule is Cc1ccc(N2C[C@H](C(=O)N3CCC(C)CC3)CC2=O)cc1C. The molecule has 2 aliphatic heterocycles. The summed E-state index contributed by atoms with van der Waals surface area (Å²) in [6.45, 7) is 8.56. The van der Waals surface area contributed by atoms with Gasteiger partial charge in [0, 0.05) is 31.7 Å². The predicted octanol–water partition coefficient (Wildman–Crippen LogP) is 2.91. The van der Waals surface area contributed by atoms with E-state index in [1.54, 1.807) is 4.90 Å². The van der Waals surface area contributed by atoms with Crippen molar-refractivity contribution in [3.05, 3.63) is 29.3 Å². The van der Waals surface area contributed by atoms with Gasteiger partial charge in [0.25, 0.3) is 0 Å². The van der Waals surface area contributed by atoms with E-state index in [0.717, 1.165) is 31.6 Å². The van der Waals surface area contributed by atoms with Crippen LogP contribution < -0.4 is 4.90 Å². The predicted molar refractivity (Wildman–Crippen MR) is 91.4 cm³/mol. The first kappa shape index (κ1) is 16.0. The molecule has 0 radical (unpaired) electrons. The van der Waals surface area contributed by atoms with Gasteiger partial charge in [-0.2, -0.15) is 0 Å². The van der Waals surface area contributed by atoms with Gasteiger partial charge in [-0.15, -0.1) is 0 Å². The minimum absolute atomic E-state index is 0.0666. The van der Waals surface area contributed by atoms with Crippen LogP contribution in [0, 0.1) is 25.7 Å². The minimum Gasteiger partial charge on any atom is -0.342 e. The van der Waals surface area contributed by atoms with Crippen LogP contribution in [-0.2, 0) is 9.59 Å². The molecule has 0 aromatic heterocycles. The van der Waals surface area contributed by atoms with Crippen LogP contribution in [0.15, 0.2) is 18.2 Å². The third-order valence-corrected chi connectivity index (χ3v) is 5.37. The Bertz CT molecular complexity index is 618. The zero-order valence-corrected chi connectivity index (χ0v) is 14.3. The maximum atomic E-state index is 12.7. The molecule has 4 heteroatoms. The summed E-state index contributed by atoms with van der Waals surface area (Å²) in [4.78, 5) is 28.8. The van der Waals surface area contributed by atoms with Gasteiger partial charge in [-0.3, -0.25) is 9.59 Å². The second-order valence-corrected chi connectivity index (χ2v) is 7.18. The van der Waals surface area contributed by atoms with Crippen LogP contribution in [0.2, 0.25) is 0 Å². The van der Waals surface area contributed by atoms with Gasteiger partial charge in [-0.05, 0) is 55.9 Å². The summed E-state index contributed by atoms with van der Waals surface area (Å²) in [6, 6.07) is 6.07. The van der Waals surface area contributed by atoms with Crippen molar-refractivity contribution in [2.24, 2.45) is 11.8 Å². The lowest BCUT2D eigenvalue weighted by atomic mass is 9.97. The fraction of sp³-hybridized carbons (Fsp3) is 0.579. The molecule has 1 atom stereocenters.